The highest BCUT2D eigenvalue weighted by atomic mass is 35.5. The molecule has 46 heavy (non-hydrogen) atoms. The van der Waals surface area contributed by atoms with E-state index in [2.05, 4.69) is 91.7 Å². The third-order valence-corrected chi connectivity index (χ3v) is 20.6. The van der Waals surface area contributed by atoms with Crippen LogP contribution in [0.4, 0.5) is 0 Å². The third kappa shape index (κ3) is 26.9. The van der Waals surface area contributed by atoms with Crippen molar-refractivity contribution in [1.29, 1.82) is 0 Å². The number of epoxide rings is 2. The van der Waals surface area contributed by atoms with Gasteiger partial charge in [-0.05, 0) is 90.7 Å². The zero-order valence-corrected chi connectivity index (χ0v) is 38.0. The van der Waals surface area contributed by atoms with Crippen LogP contribution in [0.3, 0.4) is 0 Å². The average molecular weight is 804 g/mol. The number of nitrogens with one attached hydrogen (secondary N) is 2. The van der Waals surface area contributed by atoms with E-state index in [0.29, 0.717) is 24.5 Å². The molecule has 0 radical (unpaired) electrons. The van der Waals surface area contributed by atoms with Crippen LogP contribution in [0.2, 0.25) is 78.6 Å². The van der Waals surface area contributed by atoms with E-state index >= 15 is 0 Å². The Kier molecular flexibility index (Phi) is 22.2. The number of hydrogen-bond donors (Lipinski definition) is 2. The lowest BCUT2D eigenvalue weighted by atomic mass is 10.4. The molecule has 0 bridgehead atoms. The number of rotatable bonds is 22. The average Bonchev–Trinajstić information content (AvgIpc) is 3.68. The Bertz CT molecular complexity index is 882. The van der Waals surface area contributed by atoms with Crippen molar-refractivity contribution in [1.82, 2.24) is 0 Å². The van der Waals surface area contributed by atoms with Gasteiger partial charge in [0, 0.05) is 0 Å². The van der Waals surface area contributed by atoms with E-state index in [9.17, 15) is 9.13 Å². The summed E-state index contributed by atoms with van der Waals surface area (Å²) in [4.78, 5) is 2.66. The van der Waals surface area contributed by atoms with Crippen LogP contribution in [0.5, 0.6) is 0 Å². The molecule has 10 nitrogen and oxygen atoms in total. The van der Waals surface area contributed by atoms with Gasteiger partial charge in [0.2, 0.25) is 0 Å². The molecule has 18 heteroatoms. The zero-order valence-electron chi connectivity index (χ0n) is 30.7. The normalized spacial score (nSPS) is 19.8. The Morgan fingerprint density at radius 3 is 1.02 bits per heavy atom. The number of ether oxygens (including phenoxy) is 2. The van der Waals surface area contributed by atoms with Gasteiger partial charge in [0.05, 0.1) is 51.7 Å². The van der Waals surface area contributed by atoms with Gasteiger partial charge in [0.15, 0.2) is 33.3 Å². The van der Waals surface area contributed by atoms with Gasteiger partial charge in [-0.1, -0.05) is 13.2 Å². The quantitative estimate of drug-likeness (QED) is 0.0605. The summed E-state index contributed by atoms with van der Waals surface area (Å²) in [6.45, 7) is 39.1. The Balaban J connectivity index is 0. The maximum Gasteiger partial charge on any atom is 0.317 e. The van der Waals surface area contributed by atoms with E-state index in [1.807, 2.05) is 12.2 Å². The largest absolute Gasteiger partial charge is 1.00 e. The summed E-state index contributed by atoms with van der Waals surface area (Å²) < 4.78 is 61.0. The topological polar surface area (TPSA) is 105 Å². The highest BCUT2D eigenvalue weighted by molar-refractivity contribution is 7.57. The highest BCUT2D eigenvalue weighted by Crippen LogP contribution is 2.53. The molecule has 0 aromatic rings. The first-order chi connectivity index (χ1) is 19.8. The van der Waals surface area contributed by atoms with Gasteiger partial charge in [-0.2, -0.15) is 0 Å². The van der Waals surface area contributed by atoms with Crippen molar-refractivity contribution in [2.45, 2.75) is 90.8 Å². The Hall–Kier alpha value is 1.07. The van der Waals surface area contributed by atoms with Gasteiger partial charge in [-0.25, -0.2) is 0 Å². The van der Waals surface area contributed by atoms with Crippen LogP contribution >= 0.6 is 15.2 Å². The van der Waals surface area contributed by atoms with Crippen LogP contribution < -0.4 is 34.6 Å². The molecular weight excluding hydrogens is 738 g/mol. The Morgan fingerprint density at radius 1 is 0.609 bits per heavy atom. The molecule has 0 aliphatic carbocycles. The molecule has 0 aromatic carbocycles. The molecule has 0 spiro atoms. The second-order valence-corrected chi connectivity index (χ2v) is 38.9. The second kappa shape index (κ2) is 20.8. The first-order valence-electron chi connectivity index (χ1n) is 16.0. The maximum absolute atomic E-state index is 13.2. The van der Waals surface area contributed by atoms with Crippen molar-refractivity contribution in [3.8, 4) is 0 Å². The molecule has 2 aliphatic rings. The zero-order chi connectivity index (χ0) is 34.0. The molecular formula is C28H66Cl2N2O8P2Si4. The fraction of sp³-hybridized carbons (Fsp3) is 0.857. The number of quaternary nitrogens is 2. The lowest BCUT2D eigenvalue weighted by Crippen LogP contribution is -3.13. The van der Waals surface area contributed by atoms with Gasteiger partial charge in [-0.15, -0.1) is 0 Å². The molecule has 0 saturated carbocycles. The molecule has 0 aromatic heterocycles. The van der Waals surface area contributed by atoms with Crippen molar-refractivity contribution in [3.05, 3.63) is 25.3 Å². The first kappa shape index (κ1) is 49.2. The maximum atomic E-state index is 13.2. The highest BCUT2D eigenvalue weighted by Gasteiger charge is 2.39. The summed E-state index contributed by atoms with van der Waals surface area (Å²) >= 11 is 0. The van der Waals surface area contributed by atoms with E-state index in [-0.39, 0.29) is 24.8 Å². The van der Waals surface area contributed by atoms with Crippen LogP contribution in [-0.2, 0) is 35.5 Å². The molecule has 2 saturated heterocycles. The summed E-state index contributed by atoms with van der Waals surface area (Å²) in [6, 6.07) is 0. The fourth-order valence-electron chi connectivity index (χ4n) is 4.48. The van der Waals surface area contributed by atoms with Crippen LogP contribution in [0.1, 0.15) is 0 Å². The minimum atomic E-state index is -3.04. The second-order valence-electron chi connectivity index (χ2n) is 15.8. The lowest BCUT2D eigenvalue weighted by Gasteiger charge is -2.31. The smallest absolute Gasteiger partial charge is 0.317 e. The molecule has 2 N–H and O–H groups in total. The first-order valence-corrected chi connectivity index (χ1v) is 33.1. The monoisotopic (exact) mass is 802 g/mol. The van der Waals surface area contributed by atoms with Gasteiger partial charge >= 0.3 is 15.2 Å². The van der Waals surface area contributed by atoms with Crippen molar-refractivity contribution < 1.29 is 70.1 Å². The van der Waals surface area contributed by atoms with Crippen molar-refractivity contribution >= 4 is 48.5 Å². The predicted octanol–water partition coefficient (Wildman–Crippen LogP) is -1.29. The molecule has 4 unspecified atom stereocenters. The van der Waals surface area contributed by atoms with Gasteiger partial charge in [0.25, 0.3) is 0 Å². The van der Waals surface area contributed by atoms with Crippen molar-refractivity contribution in [3.63, 3.8) is 0 Å². The third-order valence-electron chi connectivity index (χ3n) is 5.83. The summed E-state index contributed by atoms with van der Waals surface area (Å²) in [5.74, 6) is 0. The van der Waals surface area contributed by atoms with Crippen LogP contribution in [0.15, 0.2) is 25.3 Å². The van der Waals surface area contributed by atoms with E-state index < -0.39 is 48.5 Å². The van der Waals surface area contributed by atoms with Crippen LogP contribution in [0.25, 0.3) is 0 Å². The van der Waals surface area contributed by atoms with Crippen molar-refractivity contribution in [2.75, 3.05) is 64.8 Å². The lowest BCUT2D eigenvalue weighted by molar-refractivity contribution is -0.892. The summed E-state index contributed by atoms with van der Waals surface area (Å²) in [5, 5.41) is 0. The minimum Gasteiger partial charge on any atom is -1.00 e. The van der Waals surface area contributed by atoms with E-state index in [1.165, 1.54) is 9.80 Å². The van der Waals surface area contributed by atoms with E-state index in [1.54, 1.807) is 0 Å². The molecule has 2 heterocycles. The predicted molar refractivity (Wildman–Crippen MR) is 194 cm³/mol. The summed E-state index contributed by atoms with van der Waals surface area (Å²) in [5.41, 5.74) is 0. The molecule has 2 aliphatic heterocycles. The van der Waals surface area contributed by atoms with Gasteiger partial charge < -0.3 is 60.9 Å². The SMILES string of the molecule is C=CC[NH+](CCP(=O)(O[Si](C)(C)C)O[Si](C)(C)C)CC1CO1.C=CC[NH+](CCP(=O)(O[Si](C)(C)C)O[Si](C)(C)C)CC1CO1.[Cl-].[Cl-]. The van der Waals surface area contributed by atoms with Crippen molar-refractivity contribution in [2.24, 2.45) is 0 Å². The summed E-state index contributed by atoms with van der Waals surface area (Å²) in [7, 11) is -13.8. The van der Waals surface area contributed by atoms with E-state index in [4.69, 9.17) is 26.3 Å². The minimum absolute atomic E-state index is 0. The summed E-state index contributed by atoms with van der Waals surface area (Å²) in [6.07, 6.45) is 5.45. The Labute approximate surface area is 298 Å². The number of hydrogen-bond acceptors (Lipinski definition) is 8. The molecule has 2 fully saturated rings. The standard InChI is InChI=1S/2C14H32NO4PSi2.2ClH/c2*1-8-9-15(12-14-13-17-14)10-11-20(16,18-21(2,3)4)19-22(5,6)7;;/h2*8,14H,1,9-13H2,2-7H3;2*1H. The molecule has 0 amide bonds. The van der Waals surface area contributed by atoms with Gasteiger partial charge in [0.1, 0.15) is 25.3 Å². The number of halogens is 2. The van der Waals surface area contributed by atoms with E-state index in [0.717, 1.165) is 52.5 Å². The fourth-order valence-corrected chi connectivity index (χ4v) is 21.4. The van der Waals surface area contributed by atoms with Crippen LogP contribution in [0, 0.1) is 0 Å². The molecule has 276 valence electrons. The Morgan fingerprint density at radius 2 is 0.848 bits per heavy atom. The molecule has 2 rings (SSSR count). The van der Waals surface area contributed by atoms with Gasteiger partial charge in [-0.3, -0.25) is 9.13 Å². The van der Waals surface area contributed by atoms with Crippen LogP contribution in [-0.4, -0.2) is 110 Å². The molecule has 4 atom stereocenters.